The normalized spacial score (nSPS) is 14.8. The number of rotatable bonds is 13. The molecule has 2 N–H and O–H groups in total. The van der Waals surface area contributed by atoms with Crippen molar-refractivity contribution in [2.24, 2.45) is 0 Å². The van der Waals surface area contributed by atoms with Gasteiger partial charge in [0.1, 0.15) is 11.8 Å². The second-order valence-electron chi connectivity index (χ2n) is 9.57. The van der Waals surface area contributed by atoms with Crippen molar-refractivity contribution in [3.8, 4) is 5.75 Å². The van der Waals surface area contributed by atoms with Gasteiger partial charge in [-0.3, -0.25) is 24.7 Å². The van der Waals surface area contributed by atoms with Crippen molar-refractivity contribution in [1.82, 2.24) is 15.3 Å². The molecule has 8 nitrogen and oxygen atoms in total. The standard InChI is InChI=1S/C31H34N4O4S/c1-2-3-4-11-20-39-26-18-16-25(17-19-26)32-28(36)21-27-30(38)34(22-23-12-7-5-8-13-23)31(40)35(27)33-29(37)24-14-9-6-10-15-24/h5-10,12-19,27H,2-4,11,20-22H2,1H3,(H,32,36)(H,33,37). The van der Waals surface area contributed by atoms with Gasteiger partial charge in [-0.15, -0.1) is 0 Å². The van der Waals surface area contributed by atoms with Crippen molar-refractivity contribution in [2.75, 3.05) is 11.9 Å². The molecule has 0 spiro atoms. The molecule has 1 saturated heterocycles. The summed E-state index contributed by atoms with van der Waals surface area (Å²) in [6.07, 6.45) is 4.31. The SMILES string of the molecule is CCCCCCOc1ccc(NC(=O)CC2C(=O)N(Cc3ccccc3)C(=S)N2NC(=O)c2ccccc2)cc1. The number of anilines is 1. The van der Waals surface area contributed by atoms with E-state index >= 15 is 0 Å². The van der Waals surface area contributed by atoms with Crippen molar-refractivity contribution >= 4 is 40.7 Å². The van der Waals surface area contributed by atoms with E-state index in [0.717, 1.165) is 24.2 Å². The average molecular weight is 559 g/mol. The van der Waals surface area contributed by atoms with E-state index in [4.69, 9.17) is 17.0 Å². The first-order chi connectivity index (χ1) is 19.5. The van der Waals surface area contributed by atoms with E-state index in [-0.39, 0.29) is 29.9 Å². The van der Waals surface area contributed by atoms with Gasteiger partial charge < -0.3 is 10.1 Å². The molecule has 0 aliphatic carbocycles. The Morgan fingerprint density at radius 1 is 0.900 bits per heavy atom. The van der Waals surface area contributed by atoms with Crippen molar-refractivity contribution in [1.29, 1.82) is 0 Å². The third kappa shape index (κ3) is 7.66. The molecule has 9 heteroatoms. The minimum absolute atomic E-state index is 0.136. The van der Waals surface area contributed by atoms with E-state index in [0.29, 0.717) is 17.9 Å². The maximum Gasteiger partial charge on any atom is 0.269 e. The fraction of sp³-hybridized carbons (Fsp3) is 0.290. The lowest BCUT2D eigenvalue weighted by molar-refractivity contribution is -0.131. The highest BCUT2D eigenvalue weighted by Gasteiger charge is 2.44. The minimum Gasteiger partial charge on any atom is -0.494 e. The molecule has 1 heterocycles. The van der Waals surface area contributed by atoms with Crippen molar-refractivity contribution in [3.63, 3.8) is 0 Å². The summed E-state index contributed by atoms with van der Waals surface area (Å²) in [5.74, 6) is -0.427. The number of benzene rings is 3. The first-order valence-corrected chi connectivity index (χ1v) is 13.9. The van der Waals surface area contributed by atoms with Crippen LogP contribution >= 0.6 is 12.2 Å². The lowest BCUT2D eigenvalue weighted by Crippen LogP contribution is -2.49. The number of unbranched alkanes of at least 4 members (excludes halogenated alkanes) is 3. The second kappa shape index (κ2) is 14.2. The monoisotopic (exact) mass is 558 g/mol. The van der Waals surface area contributed by atoms with E-state index in [2.05, 4.69) is 17.7 Å². The Bertz CT molecular complexity index is 1300. The van der Waals surface area contributed by atoms with Gasteiger partial charge in [-0.2, -0.15) is 0 Å². The molecule has 208 valence electrons. The van der Waals surface area contributed by atoms with Crippen LogP contribution in [0.15, 0.2) is 84.9 Å². The fourth-order valence-corrected chi connectivity index (χ4v) is 4.70. The summed E-state index contributed by atoms with van der Waals surface area (Å²) in [6.45, 7) is 3.05. The summed E-state index contributed by atoms with van der Waals surface area (Å²) in [4.78, 5) is 40.9. The van der Waals surface area contributed by atoms with E-state index in [1.54, 1.807) is 48.5 Å². The molecule has 1 fully saturated rings. The highest BCUT2D eigenvalue weighted by molar-refractivity contribution is 7.80. The van der Waals surface area contributed by atoms with Gasteiger partial charge in [0, 0.05) is 11.3 Å². The van der Waals surface area contributed by atoms with Crippen LogP contribution in [0.3, 0.4) is 0 Å². The van der Waals surface area contributed by atoms with E-state index in [1.165, 1.54) is 22.8 Å². The van der Waals surface area contributed by atoms with Crippen LogP contribution in [-0.2, 0) is 16.1 Å². The summed E-state index contributed by atoms with van der Waals surface area (Å²) in [5, 5.41) is 4.30. The molecule has 3 amide bonds. The summed E-state index contributed by atoms with van der Waals surface area (Å²) >= 11 is 5.61. The number of hydrazine groups is 1. The lowest BCUT2D eigenvalue weighted by atomic mass is 10.1. The third-order valence-corrected chi connectivity index (χ3v) is 6.94. The molecule has 3 aromatic rings. The summed E-state index contributed by atoms with van der Waals surface area (Å²) in [7, 11) is 0. The zero-order valence-electron chi connectivity index (χ0n) is 22.5. The van der Waals surface area contributed by atoms with Crippen LogP contribution in [0.4, 0.5) is 5.69 Å². The minimum atomic E-state index is -0.991. The number of carbonyl (C=O) groups excluding carboxylic acids is 3. The number of amides is 3. The molecular weight excluding hydrogens is 524 g/mol. The van der Waals surface area contributed by atoms with Crippen LogP contribution in [0.25, 0.3) is 0 Å². The Morgan fingerprint density at radius 2 is 1.57 bits per heavy atom. The van der Waals surface area contributed by atoms with E-state index in [1.807, 2.05) is 36.4 Å². The number of nitrogens with zero attached hydrogens (tertiary/aromatic N) is 2. The number of nitrogens with one attached hydrogen (secondary N) is 2. The van der Waals surface area contributed by atoms with Gasteiger partial charge >= 0.3 is 0 Å². The van der Waals surface area contributed by atoms with Crippen LogP contribution < -0.4 is 15.5 Å². The number of hydrogen-bond acceptors (Lipinski definition) is 5. The van der Waals surface area contributed by atoms with Crippen molar-refractivity contribution in [3.05, 3.63) is 96.1 Å². The van der Waals surface area contributed by atoms with Crippen molar-refractivity contribution < 1.29 is 19.1 Å². The maximum absolute atomic E-state index is 13.5. The highest BCUT2D eigenvalue weighted by atomic mass is 32.1. The molecule has 0 saturated carbocycles. The van der Waals surface area contributed by atoms with Crippen LogP contribution in [0, 0.1) is 0 Å². The first-order valence-electron chi connectivity index (χ1n) is 13.5. The Kier molecular flexibility index (Phi) is 10.2. The maximum atomic E-state index is 13.5. The number of thiocarbonyl (C=S) groups is 1. The van der Waals surface area contributed by atoms with Crippen molar-refractivity contribution in [2.45, 2.75) is 51.6 Å². The number of hydrogen-bond donors (Lipinski definition) is 2. The zero-order chi connectivity index (χ0) is 28.3. The molecular formula is C31H34N4O4S. The largest absolute Gasteiger partial charge is 0.494 e. The molecule has 1 aliphatic rings. The lowest BCUT2D eigenvalue weighted by Gasteiger charge is -2.24. The van der Waals surface area contributed by atoms with Gasteiger partial charge in [0.25, 0.3) is 11.8 Å². The average Bonchev–Trinajstić information content (AvgIpc) is 3.18. The molecule has 0 aromatic heterocycles. The van der Waals surface area contributed by atoms with Crippen LogP contribution in [0.1, 0.15) is 54.9 Å². The molecule has 4 rings (SSSR count). The second-order valence-corrected chi connectivity index (χ2v) is 9.94. The summed E-state index contributed by atoms with van der Waals surface area (Å²) in [6, 6.07) is 24.2. The van der Waals surface area contributed by atoms with Gasteiger partial charge in [0.05, 0.1) is 19.6 Å². The molecule has 0 radical (unpaired) electrons. The molecule has 3 aromatic carbocycles. The van der Waals surface area contributed by atoms with E-state index in [9.17, 15) is 14.4 Å². The Labute approximate surface area is 240 Å². The van der Waals surface area contributed by atoms with Crippen LogP contribution in [0.5, 0.6) is 5.75 Å². The Balaban J connectivity index is 1.42. The molecule has 40 heavy (non-hydrogen) atoms. The zero-order valence-corrected chi connectivity index (χ0v) is 23.4. The molecule has 1 unspecified atom stereocenters. The van der Waals surface area contributed by atoms with Gasteiger partial charge in [-0.25, -0.2) is 5.01 Å². The predicted octanol–water partition coefficient (Wildman–Crippen LogP) is 5.32. The number of carbonyl (C=O) groups is 3. The third-order valence-electron chi connectivity index (χ3n) is 6.52. The van der Waals surface area contributed by atoms with Gasteiger partial charge in [-0.05, 0) is 60.6 Å². The van der Waals surface area contributed by atoms with Crippen LogP contribution in [0.2, 0.25) is 0 Å². The van der Waals surface area contributed by atoms with Gasteiger partial charge in [-0.1, -0.05) is 74.7 Å². The summed E-state index contributed by atoms with van der Waals surface area (Å²) < 4.78 is 5.77. The first kappa shape index (κ1) is 28.8. The fourth-order valence-electron chi connectivity index (χ4n) is 4.37. The van der Waals surface area contributed by atoms with E-state index < -0.39 is 11.9 Å². The number of ether oxygens (including phenoxy) is 1. The quantitative estimate of drug-likeness (QED) is 0.218. The summed E-state index contributed by atoms with van der Waals surface area (Å²) in [5.41, 5.74) is 4.62. The molecule has 1 atom stereocenters. The topological polar surface area (TPSA) is 91.0 Å². The van der Waals surface area contributed by atoms with Gasteiger partial charge in [0.15, 0.2) is 5.11 Å². The Hall–Kier alpha value is -4.24. The smallest absolute Gasteiger partial charge is 0.269 e. The predicted molar refractivity (Wildman–Crippen MR) is 158 cm³/mol. The molecule has 1 aliphatic heterocycles. The highest BCUT2D eigenvalue weighted by Crippen LogP contribution is 2.23. The van der Waals surface area contributed by atoms with Crippen LogP contribution in [-0.4, -0.2) is 45.4 Å². The Morgan fingerprint density at radius 3 is 2.25 bits per heavy atom. The van der Waals surface area contributed by atoms with Gasteiger partial charge in [0.2, 0.25) is 5.91 Å². The molecule has 0 bridgehead atoms.